The minimum Gasteiger partial charge on any atom is -0.378 e. The first kappa shape index (κ1) is 12.3. The number of rotatable bonds is 4. The van der Waals surface area contributed by atoms with Crippen molar-refractivity contribution in [1.29, 1.82) is 0 Å². The minimum atomic E-state index is -1.01. The predicted octanol–water partition coefficient (Wildman–Crippen LogP) is 2.67. The van der Waals surface area contributed by atoms with E-state index in [4.69, 9.17) is 4.74 Å². The summed E-state index contributed by atoms with van der Waals surface area (Å²) in [6, 6.07) is 0. The summed E-state index contributed by atoms with van der Waals surface area (Å²) in [6.07, 6.45) is 6.30. The molecule has 0 bridgehead atoms. The zero-order valence-electron chi connectivity index (χ0n) is 10.3. The van der Waals surface area contributed by atoms with Gasteiger partial charge in [-0.3, -0.25) is 0 Å². The number of hydrogen-bond donors (Lipinski definition) is 1. The molecule has 2 rings (SSSR count). The summed E-state index contributed by atoms with van der Waals surface area (Å²) in [5.74, 6) is 0.197. The summed E-state index contributed by atoms with van der Waals surface area (Å²) in [7, 11) is 0. The van der Waals surface area contributed by atoms with E-state index in [1.54, 1.807) is 6.92 Å². The van der Waals surface area contributed by atoms with E-state index < -0.39 is 5.67 Å². The normalized spacial score (nSPS) is 34.9. The number of piperidine rings is 1. The Hall–Kier alpha value is -0.150. The molecule has 0 radical (unpaired) electrons. The lowest BCUT2D eigenvalue weighted by atomic mass is 9.81. The molecule has 2 saturated heterocycles. The third-order valence-corrected chi connectivity index (χ3v) is 4.13. The maximum Gasteiger partial charge on any atom is 0.112 e. The SMILES string of the molecule is CC(F)(CCC1CCCO1)C1CCCNC1. The lowest BCUT2D eigenvalue weighted by Crippen LogP contribution is -2.41. The van der Waals surface area contributed by atoms with E-state index in [2.05, 4.69) is 5.32 Å². The molecule has 2 nitrogen and oxygen atoms in total. The van der Waals surface area contributed by atoms with Gasteiger partial charge in [0.1, 0.15) is 5.67 Å². The topological polar surface area (TPSA) is 21.3 Å². The molecule has 0 spiro atoms. The van der Waals surface area contributed by atoms with Crippen LogP contribution in [0, 0.1) is 5.92 Å². The van der Waals surface area contributed by atoms with Gasteiger partial charge < -0.3 is 10.1 Å². The van der Waals surface area contributed by atoms with Crippen molar-refractivity contribution in [3.8, 4) is 0 Å². The van der Waals surface area contributed by atoms with Gasteiger partial charge in [-0.15, -0.1) is 0 Å². The first-order valence-electron chi connectivity index (χ1n) is 6.70. The van der Waals surface area contributed by atoms with Crippen molar-refractivity contribution in [2.75, 3.05) is 19.7 Å². The molecule has 94 valence electrons. The van der Waals surface area contributed by atoms with Gasteiger partial charge in [0.25, 0.3) is 0 Å². The van der Waals surface area contributed by atoms with Crippen LogP contribution in [0.3, 0.4) is 0 Å². The van der Waals surface area contributed by atoms with Crippen molar-refractivity contribution in [3.63, 3.8) is 0 Å². The summed E-state index contributed by atoms with van der Waals surface area (Å²) in [5, 5.41) is 3.30. The highest BCUT2D eigenvalue weighted by Crippen LogP contribution is 2.33. The van der Waals surface area contributed by atoms with Crippen molar-refractivity contribution in [3.05, 3.63) is 0 Å². The molecule has 0 aromatic rings. The van der Waals surface area contributed by atoms with E-state index in [-0.39, 0.29) is 5.92 Å². The first-order valence-corrected chi connectivity index (χ1v) is 6.70. The molecule has 0 aromatic carbocycles. The Labute approximate surface area is 97.9 Å². The molecule has 2 fully saturated rings. The number of alkyl halides is 1. The van der Waals surface area contributed by atoms with Crippen molar-refractivity contribution in [2.45, 2.75) is 57.2 Å². The Morgan fingerprint density at radius 1 is 1.38 bits per heavy atom. The highest BCUT2D eigenvalue weighted by molar-refractivity contribution is 4.87. The first-order chi connectivity index (χ1) is 7.68. The van der Waals surface area contributed by atoms with E-state index in [9.17, 15) is 4.39 Å². The van der Waals surface area contributed by atoms with Gasteiger partial charge in [0, 0.05) is 19.1 Å². The van der Waals surface area contributed by atoms with Gasteiger partial charge in [0.2, 0.25) is 0 Å². The summed E-state index contributed by atoms with van der Waals surface area (Å²) >= 11 is 0. The third-order valence-electron chi connectivity index (χ3n) is 4.13. The van der Waals surface area contributed by atoms with Gasteiger partial charge in [0.05, 0.1) is 6.10 Å². The highest BCUT2D eigenvalue weighted by atomic mass is 19.1. The number of halogens is 1. The van der Waals surface area contributed by atoms with E-state index in [0.29, 0.717) is 12.5 Å². The van der Waals surface area contributed by atoms with Gasteiger partial charge in [-0.2, -0.15) is 0 Å². The fourth-order valence-corrected chi connectivity index (χ4v) is 2.88. The number of ether oxygens (including phenoxy) is 1. The van der Waals surface area contributed by atoms with E-state index in [0.717, 1.165) is 51.8 Å². The van der Waals surface area contributed by atoms with Crippen LogP contribution in [0.15, 0.2) is 0 Å². The monoisotopic (exact) mass is 229 g/mol. The van der Waals surface area contributed by atoms with Crippen molar-refractivity contribution in [1.82, 2.24) is 5.32 Å². The van der Waals surface area contributed by atoms with Crippen LogP contribution < -0.4 is 5.32 Å². The van der Waals surface area contributed by atoms with Crippen LogP contribution in [-0.2, 0) is 4.74 Å². The highest BCUT2D eigenvalue weighted by Gasteiger charge is 2.35. The van der Waals surface area contributed by atoms with Crippen molar-refractivity contribution < 1.29 is 9.13 Å². The van der Waals surface area contributed by atoms with Gasteiger partial charge in [0.15, 0.2) is 0 Å². The molecule has 3 heteroatoms. The van der Waals surface area contributed by atoms with E-state index in [1.807, 2.05) is 0 Å². The van der Waals surface area contributed by atoms with Crippen LogP contribution >= 0.6 is 0 Å². The molecule has 2 heterocycles. The lowest BCUT2D eigenvalue weighted by Gasteiger charge is -2.34. The van der Waals surface area contributed by atoms with Crippen LogP contribution in [0.1, 0.15) is 45.4 Å². The Balaban J connectivity index is 1.76. The molecule has 0 saturated carbocycles. The van der Waals surface area contributed by atoms with Crippen LogP contribution in [0.5, 0.6) is 0 Å². The Bertz CT molecular complexity index is 208. The quantitative estimate of drug-likeness (QED) is 0.800. The molecule has 1 N–H and O–H groups in total. The Morgan fingerprint density at radius 3 is 2.88 bits per heavy atom. The summed E-state index contributed by atoms with van der Waals surface area (Å²) < 4.78 is 20.1. The second kappa shape index (κ2) is 5.46. The molecule has 0 aliphatic carbocycles. The average Bonchev–Trinajstić information content (AvgIpc) is 2.81. The largest absolute Gasteiger partial charge is 0.378 e. The molecule has 16 heavy (non-hydrogen) atoms. The summed E-state index contributed by atoms with van der Waals surface area (Å²) in [5.41, 5.74) is -1.01. The predicted molar refractivity (Wildman–Crippen MR) is 63.3 cm³/mol. The Kier molecular flexibility index (Phi) is 4.20. The van der Waals surface area contributed by atoms with Gasteiger partial charge >= 0.3 is 0 Å². The molecule has 0 amide bonds. The van der Waals surface area contributed by atoms with Crippen LogP contribution in [0.2, 0.25) is 0 Å². The van der Waals surface area contributed by atoms with Crippen LogP contribution in [0.25, 0.3) is 0 Å². The standard InChI is InChI=1S/C13H24FNO/c1-13(14,11-4-2-8-15-10-11)7-6-12-5-3-9-16-12/h11-12,15H,2-10H2,1H3. The molecular formula is C13H24FNO. The lowest BCUT2D eigenvalue weighted by molar-refractivity contribution is 0.0414. The second-order valence-corrected chi connectivity index (χ2v) is 5.50. The summed E-state index contributed by atoms with van der Waals surface area (Å²) in [4.78, 5) is 0. The van der Waals surface area contributed by atoms with Crippen LogP contribution in [-0.4, -0.2) is 31.5 Å². The number of nitrogens with one attached hydrogen (secondary N) is 1. The summed E-state index contributed by atoms with van der Waals surface area (Å²) in [6.45, 7) is 4.55. The zero-order chi connectivity index (χ0) is 11.4. The molecular weight excluding hydrogens is 205 g/mol. The maximum absolute atomic E-state index is 14.5. The fraction of sp³-hybridized carbons (Fsp3) is 1.00. The average molecular weight is 229 g/mol. The molecule has 3 atom stereocenters. The molecule has 2 aliphatic rings. The van der Waals surface area contributed by atoms with Crippen LogP contribution in [0.4, 0.5) is 4.39 Å². The molecule has 3 unspecified atom stereocenters. The van der Waals surface area contributed by atoms with Crippen molar-refractivity contribution in [2.24, 2.45) is 5.92 Å². The van der Waals surface area contributed by atoms with Gasteiger partial charge in [-0.25, -0.2) is 4.39 Å². The maximum atomic E-state index is 14.5. The van der Waals surface area contributed by atoms with Gasteiger partial charge in [-0.05, 0) is 52.0 Å². The molecule has 0 aromatic heterocycles. The molecule has 2 aliphatic heterocycles. The zero-order valence-corrected chi connectivity index (χ0v) is 10.3. The third kappa shape index (κ3) is 3.17. The van der Waals surface area contributed by atoms with Gasteiger partial charge in [-0.1, -0.05) is 0 Å². The minimum absolute atomic E-state index is 0.197. The second-order valence-electron chi connectivity index (χ2n) is 5.50. The number of hydrogen-bond acceptors (Lipinski definition) is 2. The van der Waals surface area contributed by atoms with E-state index in [1.165, 1.54) is 0 Å². The van der Waals surface area contributed by atoms with Crippen molar-refractivity contribution >= 4 is 0 Å². The smallest absolute Gasteiger partial charge is 0.112 e. The fourth-order valence-electron chi connectivity index (χ4n) is 2.88. The van der Waals surface area contributed by atoms with E-state index >= 15 is 0 Å². The Morgan fingerprint density at radius 2 is 2.25 bits per heavy atom.